The summed E-state index contributed by atoms with van der Waals surface area (Å²) in [5, 5.41) is 26.4. The van der Waals surface area contributed by atoms with Crippen LogP contribution in [0.5, 0.6) is 34.5 Å². The first-order chi connectivity index (χ1) is 23.1. The van der Waals surface area contributed by atoms with Gasteiger partial charge in [-0.1, -0.05) is 0 Å². The number of rotatable bonds is 15. The molecule has 12 nitrogen and oxygen atoms in total. The number of halogens is 2. The van der Waals surface area contributed by atoms with E-state index in [0.717, 1.165) is 12.4 Å². The Morgan fingerprint density at radius 1 is 0.667 bits per heavy atom. The number of carbonyl (C=O) groups is 2. The van der Waals surface area contributed by atoms with E-state index < -0.39 is 35.3 Å². The molecule has 0 aliphatic rings. The average Bonchev–Trinajstić information content (AvgIpc) is 3.09. The van der Waals surface area contributed by atoms with Crippen LogP contribution in [-0.2, 0) is 35.5 Å². The first-order valence-electron chi connectivity index (χ1n) is 14.7. The zero-order chi connectivity index (χ0) is 34.8. The van der Waals surface area contributed by atoms with E-state index in [2.05, 4.69) is 20.6 Å². The molecule has 0 unspecified atom stereocenters. The molecule has 14 heteroatoms. The van der Waals surface area contributed by atoms with Crippen molar-refractivity contribution in [2.75, 3.05) is 28.4 Å². The van der Waals surface area contributed by atoms with E-state index in [0.29, 0.717) is 11.1 Å². The van der Waals surface area contributed by atoms with E-state index in [1.54, 1.807) is 0 Å². The van der Waals surface area contributed by atoms with E-state index in [9.17, 15) is 28.6 Å². The van der Waals surface area contributed by atoms with Crippen LogP contribution >= 0.6 is 0 Å². The van der Waals surface area contributed by atoms with E-state index in [1.807, 2.05) is 0 Å². The molecular formula is C34H36F2N4O8. The molecule has 4 aromatic rings. The minimum atomic E-state index is -1.14. The molecule has 48 heavy (non-hydrogen) atoms. The molecule has 0 bridgehead atoms. The summed E-state index contributed by atoms with van der Waals surface area (Å²) in [7, 11) is 5.41. The van der Waals surface area contributed by atoms with Crippen LogP contribution in [0.3, 0.4) is 0 Å². The van der Waals surface area contributed by atoms with Crippen molar-refractivity contribution in [2.24, 2.45) is 11.8 Å². The predicted octanol–water partition coefficient (Wildman–Crippen LogP) is 3.85. The summed E-state index contributed by atoms with van der Waals surface area (Å²) in [6.45, 7) is -0.410. The van der Waals surface area contributed by atoms with Gasteiger partial charge in [0.15, 0.2) is 23.0 Å². The standard InChI is InChI=1S/C34H36F2N4O8/c1-45-27-11-19(12-28(46-2)31(27)41)9-23(33(43)39-15-21-5-7-37-17-25(21)35)24(34(44)40-16-22-6-8-38-18-26(22)36)10-20-13-29(47-3)32(42)30(14-20)48-4/h5-8,11-14,17-18,23-24,41-42H,9-10,15-16H2,1-4H3,(H,39,43)(H,40,44)/t23-,24+. The van der Waals surface area contributed by atoms with Crippen LogP contribution in [-0.4, -0.2) is 60.4 Å². The van der Waals surface area contributed by atoms with Gasteiger partial charge in [-0.3, -0.25) is 19.6 Å². The van der Waals surface area contributed by atoms with Gasteiger partial charge in [0.1, 0.15) is 11.6 Å². The summed E-state index contributed by atoms with van der Waals surface area (Å²) in [5.74, 6) is -4.95. The summed E-state index contributed by atoms with van der Waals surface area (Å²) in [4.78, 5) is 35.6. The number of hydrogen-bond acceptors (Lipinski definition) is 10. The number of ether oxygens (including phenoxy) is 4. The number of aromatic nitrogens is 2. The van der Waals surface area contributed by atoms with Crippen molar-refractivity contribution in [2.45, 2.75) is 25.9 Å². The molecule has 254 valence electrons. The number of benzene rings is 2. The molecule has 0 fully saturated rings. The number of nitrogens with zero attached hydrogens (tertiary/aromatic N) is 2. The van der Waals surface area contributed by atoms with Crippen molar-refractivity contribution < 1.29 is 47.5 Å². The molecule has 2 amide bonds. The van der Waals surface area contributed by atoms with Gasteiger partial charge in [0, 0.05) is 36.6 Å². The highest BCUT2D eigenvalue weighted by atomic mass is 19.1. The third kappa shape index (κ3) is 8.37. The lowest BCUT2D eigenvalue weighted by molar-refractivity contribution is -0.135. The Kier molecular flexibility index (Phi) is 11.9. The van der Waals surface area contributed by atoms with Gasteiger partial charge in [0.05, 0.1) is 52.7 Å². The second-order valence-electron chi connectivity index (χ2n) is 10.7. The molecule has 2 aromatic carbocycles. The summed E-state index contributed by atoms with van der Waals surface area (Å²) in [5.41, 5.74) is 1.28. The fourth-order valence-corrected chi connectivity index (χ4v) is 5.20. The monoisotopic (exact) mass is 666 g/mol. The second kappa shape index (κ2) is 16.3. The number of phenols is 2. The fraction of sp³-hybridized carbons (Fsp3) is 0.294. The van der Waals surface area contributed by atoms with Gasteiger partial charge in [-0.05, 0) is 60.4 Å². The third-order valence-electron chi connectivity index (χ3n) is 7.77. The Bertz CT molecular complexity index is 1580. The highest BCUT2D eigenvalue weighted by Crippen LogP contribution is 2.40. The second-order valence-corrected chi connectivity index (χ2v) is 10.7. The van der Waals surface area contributed by atoms with Gasteiger partial charge < -0.3 is 39.8 Å². The molecule has 4 rings (SSSR count). The van der Waals surface area contributed by atoms with Gasteiger partial charge in [-0.2, -0.15) is 0 Å². The SMILES string of the molecule is COc1cc(C[C@H](C(=O)NCc2ccncc2F)[C@@H](Cc2cc(OC)c(O)c(OC)c2)C(=O)NCc2ccncc2F)cc(OC)c1O. The van der Waals surface area contributed by atoms with Crippen LogP contribution in [0, 0.1) is 23.5 Å². The summed E-state index contributed by atoms with van der Waals surface area (Å²) < 4.78 is 50.1. The Balaban J connectivity index is 1.79. The number of methoxy groups -OCH3 is 4. The maximum absolute atomic E-state index is 14.4. The molecule has 4 N–H and O–H groups in total. The quantitative estimate of drug-likeness (QED) is 0.147. The maximum Gasteiger partial charge on any atom is 0.224 e. The summed E-state index contributed by atoms with van der Waals surface area (Å²) >= 11 is 0. The van der Waals surface area contributed by atoms with Crippen LogP contribution in [0.2, 0.25) is 0 Å². The minimum Gasteiger partial charge on any atom is -0.502 e. The number of phenolic OH excluding ortho intramolecular Hbond substituents is 2. The lowest BCUT2D eigenvalue weighted by Crippen LogP contribution is -2.44. The van der Waals surface area contributed by atoms with Gasteiger partial charge in [-0.25, -0.2) is 8.78 Å². The number of aromatic hydroxyl groups is 2. The number of carbonyl (C=O) groups excluding carboxylic acids is 2. The Morgan fingerprint density at radius 3 is 1.29 bits per heavy atom. The fourth-order valence-electron chi connectivity index (χ4n) is 5.20. The molecular weight excluding hydrogens is 630 g/mol. The highest BCUT2D eigenvalue weighted by molar-refractivity contribution is 5.88. The molecule has 2 atom stereocenters. The zero-order valence-corrected chi connectivity index (χ0v) is 26.8. The molecule has 0 spiro atoms. The van der Waals surface area contributed by atoms with Crippen molar-refractivity contribution in [3.63, 3.8) is 0 Å². The molecule has 2 aromatic heterocycles. The van der Waals surface area contributed by atoms with Crippen LogP contribution in [0.25, 0.3) is 0 Å². The topological polar surface area (TPSA) is 161 Å². The first-order valence-corrected chi connectivity index (χ1v) is 14.7. The summed E-state index contributed by atoms with van der Waals surface area (Å²) in [6, 6.07) is 8.87. The average molecular weight is 667 g/mol. The molecule has 0 saturated carbocycles. The van der Waals surface area contributed by atoms with Gasteiger partial charge >= 0.3 is 0 Å². The number of nitrogens with one attached hydrogen (secondary N) is 2. The molecule has 0 radical (unpaired) electrons. The highest BCUT2D eigenvalue weighted by Gasteiger charge is 2.35. The first kappa shape index (κ1) is 35.2. The van der Waals surface area contributed by atoms with Gasteiger partial charge in [-0.15, -0.1) is 0 Å². The van der Waals surface area contributed by atoms with Crippen molar-refractivity contribution in [1.82, 2.24) is 20.6 Å². The van der Waals surface area contributed by atoms with Crippen molar-refractivity contribution in [1.29, 1.82) is 0 Å². The van der Waals surface area contributed by atoms with E-state index >= 15 is 0 Å². The molecule has 0 aliphatic heterocycles. The molecule has 0 aliphatic carbocycles. The largest absolute Gasteiger partial charge is 0.502 e. The number of amides is 2. The normalized spacial score (nSPS) is 12.0. The Morgan fingerprint density at radius 2 is 1.00 bits per heavy atom. The van der Waals surface area contributed by atoms with Gasteiger partial charge in [0.2, 0.25) is 23.3 Å². The predicted molar refractivity (Wildman–Crippen MR) is 169 cm³/mol. The van der Waals surface area contributed by atoms with E-state index in [-0.39, 0.29) is 71.6 Å². The third-order valence-corrected chi connectivity index (χ3v) is 7.77. The van der Waals surface area contributed by atoms with Crippen molar-refractivity contribution in [3.05, 3.63) is 95.1 Å². The van der Waals surface area contributed by atoms with Gasteiger partial charge in [0.25, 0.3) is 0 Å². The number of hydrogen-bond donors (Lipinski definition) is 4. The molecule has 0 saturated heterocycles. The summed E-state index contributed by atoms with van der Waals surface area (Å²) in [6.07, 6.45) is 4.66. The van der Waals surface area contributed by atoms with Crippen molar-refractivity contribution in [3.8, 4) is 34.5 Å². The smallest absolute Gasteiger partial charge is 0.224 e. The van der Waals surface area contributed by atoms with Crippen LogP contribution in [0.15, 0.2) is 61.2 Å². The van der Waals surface area contributed by atoms with E-state index in [4.69, 9.17) is 18.9 Å². The van der Waals surface area contributed by atoms with Crippen LogP contribution in [0.1, 0.15) is 22.3 Å². The lowest BCUT2D eigenvalue weighted by atomic mass is 9.81. The van der Waals surface area contributed by atoms with E-state index in [1.165, 1.54) is 77.2 Å². The lowest BCUT2D eigenvalue weighted by Gasteiger charge is -2.27. The maximum atomic E-state index is 14.4. The molecule has 2 heterocycles. The number of pyridine rings is 2. The Hall–Kier alpha value is -5.66. The van der Waals surface area contributed by atoms with Crippen LogP contribution < -0.4 is 29.6 Å². The van der Waals surface area contributed by atoms with Crippen molar-refractivity contribution >= 4 is 11.8 Å². The minimum absolute atomic E-state index is 0.0736. The Labute approximate surface area is 275 Å². The zero-order valence-electron chi connectivity index (χ0n) is 26.8. The van der Waals surface area contributed by atoms with Crippen LogP contribution in [0.4, 0.5) is 8.78 Å².